The van der Waals surface area contributed by atoms with Crippen molar-refractivity contribution < 1.29 is 9.59 Å². The number of carbonyl (C=O) groups excluding carboxylic acids is 2. The van der Waals surface area contributed by atoms with Gasteiger partial charge >= 0.3 is 0 Å². The molecule has 6 nitrogen and oxygen atoms in total. The largest absolute Gasteiger partial charge is 0.336 e. The van der Waals surface area contributed by atoms with Crippen molar-refractivity contribution in [1.29, 1.82) is 0 Å². The van der Waals surface area contributed by atoms with Crippen molar-refractivity contribution in [3.05, 3.63) is 30.3 Å². The highest BCUT2D eigenvalue weighted by Crippen LogP contribution is 2.33. The Bertz CT molecular complexity index is 674. The second-order valence-corrected chi connectivity index (χ2v) is 8.21. The van der Waals surface area contributed by atoms with Crippen LogP contribution >= 0.6 is 0 Å². The normalized spacial score (nSPS) is 29.4. The first-order valence-corrected chi connectivity index (χ1v) is 10.3. The van der Waals surface area contributed by atoms with Crippen molar-refractivity contribution >= 4 is 17.5 Å². The van der Waals surface area contributed by atoms with E-state index in [2.05, 4.69) is 10.6 Å². The molecule has 3 aliphatic rings. The molecule has 2 heterocycles. The van der Waals surface area contributed by atoms with Gasteiger partial charge in [0.25, 0.3) is 0 Å². The minimum absolute atomic E-state index is 0.0212. The van der Waals surface area contributed by atoms with Crippen molar-refractivity contribution in [2.24, 2.45) is 17.6 Å². The minimum atomic E-state index is -0.428. The van der Waals surface area contributed by atoms with Crippen LogP contribution < -0.4 is 16.4 Å². The van der Waals surface area contributed by atoms with E-state index < -0.39 is 6.04 Å². The SMILES string of the molecule is NC(C(=O)N1CCC2NCC(C(=O)Nc3ccccc3)C21)C1CCCCC1. The van der Waals surface area contributed by atoms with E-state index in [1.807, 2.05) is 35.2 Å². The fraction of sp³-hybridized carbons (Fsp3) is 0.619. The predicted octanol–water partition coefficient (Wildman–Crippen LogP) is 1.72. The Hall–Kier alpha value is -1.92. The number of benzene rings is 1. The molecule has 27 heavy (non-hydrogen) atoms. The number of nitrogens with zero attached hydrogens (tertiary/aromatic N) is 1. The lowest BCUT2D eigenvalue weighted by Gasteiger charge is -2.34. The van der Waals surface area contributed by atoms with Crippen molar-refractivity contribution in [3.8, 4) is 0 Å². The smallest absolute Gasteiger partial charge is 0.240 e. The highest BCUT2D eigenvalue weighted by molar-refractivity contribution is 5.94. The average molecular weight is 370 g/mol. The van der Waals surface area contributed by atoms with Gasteiger partial charge in [0.2, 0.25) is 11.8 Å². The Kier molecular flexibility index (Phi) is 5.45. The van der Waals surface area contributed by atoms with Crippen LogP contribution in [0.15, 0.2) is 30.3 Å². The summed E-state index contributed by atoms with van der Waals surface area (Å²) in [6, 6.07) is 9.17. The highest BCUT2D eigenvalue weighted by atomic mass is 16.2. The minimum Gasteiger partial charge on any atom is -0.336 e. The molecule has 0 aromatic heterocycles. The van der Waals surface area contributed by atoms with Crippen molar-refractivity contribution in [3.63, 3.8) is 0 Å². The lowest BCUT2D eigenvalue weighted by Crippen LogP contribution is -2.53. The van der Waals surface area contributed by atoms with Gasteiger partial charge in [-0.1, -0.05) is 37.5 Å². The summed E-state index contributed by atoms with van der Waals surface area (Å²) < 4.78 is 0. The highest BCUT2D eigenvalue weighted by Gasteiger charge is 2.49. The van der Waals surface area contributed by atoms with E-state index in [0.717, 1.165) is 24.9 Å². The molecular formula is C21H30N4O2. The predicted molar refractivity (Wildman–Crippen MR) is 105 cm³/mol. The number of carbonyl (C=O) groups is 2. The van der Waals surface area contributed by atoms with Crippen LogP contribution in [0.3, 0.4) is 0 Å². The molecule has 0 bridgehead atoms. The van der Waals surface area contributed by atoms with Gasteiger partial charge in [-0.05, 0) is 37.3 Å². The zero-order valence-corrected chi connectivity index (χ0v) is 15.8. The molecule has 1 aliphatic carbocycles. The molecule has 4 N–H and O–H groups in total. The molecule has 4 rings (SSSR count). The number of hydrogen-bond donors (Lipinski definition) is 3. The van der Waals surface area contributed by atoms with Gasteiger partial charge in [-0.15, -0.1) is 0 Å². The molecule has 1 saturated carbocycles. The second kappa shape index (κ2) is 7.98. The van der Waals surface area contributed by atoms with Crippen molar-refractivity contribution in [2.75, 3.05) is 18.4 Å². The van der Waals surface area contributed by atoms with E-state index >= 15 is 0 Å². The van der Waals surface area contributed by atoms with E-state index in [4.69, 9.17) is 5.73 Å². The lowest BCUT2D eigenvalue weighted by atomic mass is 9.83. The van der Waals surface area contributed by atoms with E-state index in [0.29, 0.717) is 13.1 Å². The summed E-state index contributed by atoms with van der Waals surface area (Å²) in [5.74, 6) is 0.0687. The molecule has 0 radical (unpaired) electrons. The number of rotatable bonds is 4. The molecule has 4 atom stereocenters. The van der Waals surface area contributed by atoms with E-state index in [-0.39, 0.29) is 35.7 Å². The van der Waals surface area contributed by atoms with Crippen LogP contribution in [0.4, 0.5) is 5.69 Å². The third kappa shape index (κ3) is 3.73. The Morgan fingerprint density at radius 1 is 1.11 bits per heavy atom. The van der Waals surface area contributed by atoms with Gasteiger partial charge < -0.3 is 21.3 Å². The van der Waals surface area contributed by atoms with Gasteiger partial charge in [-0.25, -0.2) is 0 Å². The molecular weight excluding hydrogens is 340 g/mol. The number of hydrogen-bond acceptors (Lipinski definition) is 4. The first-order chi connectivity index (χ1) is 13.1. The third-order valence-electron chi connectivity index (χ3n) is 6.57. The quantitative estimate of drug-likeness (QED) is 0.753. The molecule has 0 spiro atoms. The van der Waals surface area contributed by atoms with Gasteiger partial charge in [-0.2, -0.15) is 0 Å². The van der Waals surface area contributed by atoms with Crippen molar-refractivity contribution in [1.82, 2.24) is 10.2 Å². The van der Waals surface area contributed by atoms with Crippen LogP contribution in [0.1, 0.15) is 38.5 Å². The molecule has 2 saturated heterocycles. The fourth-order valence-corrected chi connectivity index (χ4v) is 5.08. The van der Waals surface area contributed by atoms with Crippen LogP contribution in [0.2, 0.25) is 0 Å². The Labute approximate surface area is 160 Å². The molecule has 1 aromatic rings. The summed E-state index contributed by atoms with van der Waals surface area (Å²) >= 11 is 0. The maximum absolute atomic E-state index is 13.2. The molecule has 3 fully saturated rings. The number of para-hydroxylation sites is 1. The first-order valence-electron chi connectivity index (χ1n) is 10.3. The van der Waals surface area contributed by atoms with Gasteiger partial charge in [0.05, 0.1) is 18.0 Å². The van der Waals surface area contributed by atoms with Gasteiger partial charge in [0.15, 0.2) is 0 Å². The van der Waals surface area contributed by atoms with Gasteiger partial charge in [0.1, 0.15) is 0 Å². The number of anilines is 1. The number of fused-ring (bicyclic) bond motifs is 1. The summed E-state index contributed by atoms with van der Waals surface area (Å²) in [7, 11) is 0. The maximum Gasteiger partial charge on any atom is 0.240 e. The summed E-state index contributed by atoms with van der Waals surface area (Å²) in [6.45, 7) is 1.30. The maximum atomic E-state index is 13.2. The zero-order chi connectivity index (χ0) is 18.8. The van der Waals surface area contributed by atoms with E-state index in [9.17, 15) is 9.59 Å². The molecule has 1 aromatic carbocycles. The van der Waals surface area contributed by atoms with E-state index in [1.54, 1.807) is 0 Å². The number of amides is 2. The second-order valence-electron chi connectivity index (χ2n) is 8.21. The standard InChI is InChI=1S/C21H30N4O2/c22-18(14-7-3-1-4-8-14)21(27)25-12-11-17-19(25)16(13-23-17)20(26)24-15-9-5-2-6-10-15/h2,5-6,9-10,14,16-19,23H,1,3-4,7-8,11-13,22H2,(H,24,26). The summed E-state index contributed by atoms with van der Waals surface area (Å²) in [4.78, 5) is 27.9. The van der Waals surface area contributed by atoms with E-state index in [1.165, 1.54) is 19.3 Å². The topological polar surface area (TPSA) is 87.5 Å². The monoisotopic (exact) mass is 370 g/mol. The zero-order valence-electron chi connectivity index (χ0n) is 15.8. The molecule has 146 valence electrons. The number of nitrogens with two attached hydrogens (primary N) is 1. The number of likely N-dealkylation sites (tertiary alicyclic amines) is 1. The lowest BCUT2D eigenvalue weighted by molar-refractivity contribution is -0.136. The number of nitrogens with one attached hydrogen (secondary N) is 2. The molecule has 4 unspecified atom stereocenters. The van der Waals surface area contributed by atoms with Crippen LogP contribution in [-0.2, 0) is 9.59 Å². The van der Waals surface area contributed by atoms with Crippen molar-refractivity contribution in [2.45, 2.75) is 56.7 Å². The van der Waals surface area contributed by atoms with Crippen LogP contribution in [-0.4, -0.2) is 47.9 Å². The Morgan fingerprint density at radius 3 is 2.59 bits per heavy atom. The fourth-order valence-electron chi connectivity index (χ4n) is 5.08. The van der Waals surface area contributed by atoms with Crippen LogP contribution in [0.5, 0.6) is 0 Å². The summed E-state index contributed by atoms with van der Waals surface area (Å²) in [5, 5.41) is 6.44. The molecule has 6 heteroatoms. The van der Waals surface area contributed by atoms with Crippen LogP contribution in [0, 0.1) is 11.8 Å². The molecule has 2 aliphatic heterocycles. The molecule has 2 amide bonds. The third-order valence-corrected chi connectivity index (χ3v) is 6.57. The average Bonchev–Trinajstić information content (AvgIpc) is 3.30. The Morgan fingerprint density at radius 2 is 1.85 bits per heavy atom. The van der Waals surface area contributed by atoms with Crippen LogP contribution in [0.25, 0.3) is 0 Å². The Balaban J connectivity index is 1.45. The summed E-state index contributed by atoms with van der Waals surface area (Å²) in [5.41, 5.74) is 7.18. The van der Waals surface area contributed by atoms with Gasteiger partial charge in [-0.3, -0.25) is 9.59 Å². The first kappa shape index (κ1) is 18.4. The van der Waals surface area contributed by atoms with Gasteiger partial charge in [0, 0.05) is 24.8 Å². The summed E-state index contributed by atoms with van der Waals surface area (Å²) in [6.07, 6.45) is 6.57.